The lowest BCUT2D eigenvalue weighted by Gasteiger charge is -2.21. The smallest absolute Gasteiger partial charge is 0.269 e. The lowest BCUT2D eigenvalue weighted by atomic mass is 10.1. The van der Waals surface area contributed by atoms with Gasteiger partial charge in [-0.05, 0) is 57.2 Å². The van der Waals surface area contributed by atoms with E-state index < -0.39 is 11.8 Å². The average molecular weight is 409 g/mol. The van der Waals surface area contributed by atoms with Crippen LogP contribution < -0.4 is 20.7 Å². The van der Waals surface area contributed by atoms with E-state index in [-0.39, 0.29) is 18.2 Å². The molecule has 3 rings (SSSR count). The van der Waals surface area contributed by atoms with Crippen LogP contribution in [-0.4, -0.2) is 37.4 Å². The number of carbonyl (C=O) groups excluding carboxylic acids is 3. The first kappa shape index (κ1) is 21.4. The van der Waals surface area contributed by atoms with Gasteiger partial charge in [-0.2, -0.15) is 0 Å². The molecule has 7 heteroatoms. The zero-order valence-corrected chi connectivity index (χ0v) is 17.6. The van der Waals surface area contributed by atoms with Crippen LogP contribution in [0.15, 0.2) is 48.5 Å². The normalized spacial score (nSPS) is 15.8. The molecule has 7 nitrogen and oxygen atoms in total. The number of hydrogen-bond acceptors (Lipinski definition) is 4. The van der Waals surface area contributed by atoms with Gasteiger partial charge in [0.15, 0.2) is 0 Å². The van der Waals surface area contributed by atoms with Gasteiger partial charge < -0.3 is 9.80 Å². The Kier molecular flexibility index (Phi) is 6.72. The fraction of sp³-hybridized carbons (Fsp3) is 0.348. The summed E-state index contributed by atoms with van der Waals surface area (Å²) in [6.45, 7) is 8.20. The first-order chi connectivity index (χ1) is 14.4. The van der Waals surface area contributed by atoms with Crippen molar-refractivity contribution in [2.45, 2.75) is 27.2 Å². The Morgan fingerprint density at radius 1 is 1.00 bits per heavy atom. The molecule has 0 radical (unpaired) electrons. The first-order valence-corrected chi connectivity index (χ1v) is 10.2. The van der Waals surface area contributed by atoms with Crippen molar-refractivity contribution < 1.29 is 14.4 Å². The first-order valence-electron chi connectivity index (χ1n) is 10.2. The van der Waals surface area contributed by atoms with Crippen LogP contribution in [0.1, 0.15) is 36.2 Å². The van der Waals surface area contributed by atoms with E-state index in [4.69, 9.17) is 0 Å². The Labute approximate surface area is 177 Å². The second-order valence-corrected chi connectivity index (χ2v) is 7.40. The molecule has 1 aliphatic heterocycles. The van der Waals surface area contributed by atoms with Gasteiger partial charge in [-0.25, -0.2) is 0 Å². The van der Waals surface area contributed by atoms with Crippen LogP contribution in [0.5, 0.6) is 0 Å². The molecule has 0 aliphatic carbocycles. The molecule has 1 saturated heterocycles. The summed E-state index contributed by atoms with van der Waals surface area (Å²) < 4.78 is 0. The van der Waals surface area contributed by atoms with Gasteiger partial charge in [0.2, 0.25) is 11.8 Å². The number of benzene rings is 2. The van der Waals surface area contributed by atoms with Gasteiger partial charge in [0, 0.05) is 43.0 Å². The van der Waals surface area contributed by atoms with E-state index in [2.05, 4.69) is 29.6 Å². The number of aryl methyl sites for hydroxylation is 1. The third-order valence-corrected chi connectivity index (χ3v) is 5.40. The summed E-state index contributed by atoms with van der Waals surface area (Å²) in [7, 11) is 0. The zero-order chi connectivity index (χ0) is 21.7. The minimum Gasteiger partial charge on any atom is -0.372 e. The van der Waals surface area contributed by atoms with E-state index in [0.29, 0.717) is 12.1 Å². The van der Waals surface area contributed by atoms with E-state index in [1.54, 1.807) is 17.0 Å². The summed E-state index contributed by atoms with van der Waals surface area (Å²) in [5, 5.41) is 0. The van der Waals surface area contributed by atoms with Crippen LogP contribution >= 0.6 is 0 Å². The van der Waals surface area contributed by atoms with Crippen LogP contribution in [0.2, 0.25) is 0 Å². The van der Waals surface area contributed by atoms with Gasteiger partial charge >= 0.3 is 0 Å². The molecule has 1 fully saturated rings. The van der Waals surface area contributed by atoms with Crippen molar-refractivity contribution in [2.75, 3.05) is 29.4 Å². The van der Waals surface area contributed by atoms with Gasteiger partial charge in [0.05, 0.1) is 5.92 Å². The molecule has 2 aromatic carbocycles. The van der Waals surface area contributed by atoms with Crippen molar-refractivity contribution in [3.63, 3.8) is 0 Å². The van der Waals surface area contributed by atoms with E-state index in [1.165, 1.54) is 0 Å². The number of hydrazine groups is 1. The Balaban J connectivity index is 1.54. The molecule has 0 saturated carbocycles. The van der Waals surface area contributed by atoms with Crippen LogP contribution in [0.4, 0.5) is 11.4 Å². The van der Waals surface area contributed by atoms with Crippen molar-refractivity contribution in [3.8, 4) is 0 Å². The monoisotopic (exact) mass is 408 g/mol. The molecular weight excluding hydrogens is 380 g/mol. The molecular formula is C23H28N4O3. The summed E-state index contributed by atoms with van der Waals surface area (Å²) in [5.74, 6) is -1.37. The summed E-state index contributed by atoms with van der Waals surface area (Å²) in [6.07, 6.45) is 0.119. The Hall–Kier alpha value is -3.35. The second kappa shape index (κ2) is 9.43. The van der Waals surface area contributed by atoms with Crippen LogP contribution in [-0.2, 0) is 9.59 Å². The van der Waals surface area contributed by atoms with Crippen molar-refractivity contribution in [3.05, 3.63) is 59.7 Å². The molecule has 2 aromatic rings. The van der Waals surface area contributed by atoms with Gasteiger partial charge in [0.1, 0.15) is 0 Å². The van der Waals surface area contributed by atoms with E-state index >= 15 is 0 Å². The molecule has 30 heavy (non-hydrogen) atoms. The molecule has 1 aliphatic rings. The number of anilines is 2. The maximum absolute atomic E-state index is 12.5. The van der Waals surface area contributed by atoms with Crippen LogP contribution in [0, 0.1) is 12.8 Å². The summed E-state index contributed by atoms with van der Waals surface area (Å²) in [6, 6.07) is 14.8. The third-order valence-electron chi connectivity index (χ3n) is 5.40. The SMILES string of the molecule is CCN(CC)c1ccc(C(=O)NNC(=O)[C@@H]2CC(=O)N(c3ccc(C)cc3)C2)cc1. The maximum atomic E-state index is 12.5. The minimum atomic E-state index is -0.510. The number of amides is 3. The number of rotatable bonds is 6. The molecule has 2 N–H and O–H groups in total. The zero-order valence-electron chi connectivity index (χ0n) is 17.6. The van der Waals surface area contributed by atoms with Crippen LogP contribution in [0.3, 0.4) is 0 Å². The predicted molar refractivity (Wildman–Crippen MR) is 117 cm³/mol. The second-order valence-electron chi connectivity index (χ2n) is 7.40. The summed E-state index contributed by atoms with van der Waals surface area (Å²) >= 11 is 0. The number of carbonyl (C=O) groups is 3. The van der Waals surface area contributed by atoms with E-state index in [9.17, 15) is 14.4 Å². The number of nitrogens with zero attached hydrogens (tertiary/aromatic N) is 2. The Bertz CT molecular complexity index is 905. The maximum Gasteiger partial charge on any atom is 0.269 e. The molecule has 1 heterocycles. The quantitative estimate of drug-likeness (QED) is 0.720. The number of nitrogens with one attached hydrogen (secondary N) is 2. The molecule has 1 atom stereocenters. The number of hydrogen-bond donors (Lipinski definition) is 2. The molecule has 3 amide bonds. The average Bonchev–Trinajstić information content (AvgIpc) is 3.15. The van der Waals surface area contributed by atoms with Crippen molar-refractivity contribution >= 4 is 29.1 Å². The van der Waals surface area contributed by atoms with E-state index in [1.807, 2.05) is 43.3 Å². The lowest BCUT2D eigenvalue weighted by Crippen LogP contribution is -2.45. The Morgan fingerprint density at radius 3 is 2.23 bits per heavy atom. The van der Waals surface area contributed by atoms with Gasteiger partial charge in [-0.3, -0.25) is 25.2 Å². The lowest BCUT2D eigenvalue weighted by molar-refractivity contribution is -0.126. The van der Waals surface area contributed by atoms with Crippen LogP contribution in [0.25, 0.3) is 0 Å². The highest BCUT2D eigenvalue weighted by Gasteiger charge is 2.35. The molecule has 0 aromatic heterocycles. The molecule has 0 bridgehead atoms. The predicted octanol–water partition coefficient (Wildman–Crippen LogP) is 2.66. The van der Waals surface area contributed by atoms with Crippen molar-refractivity contribution in [2.24, 2.45) is 5.92 Å². The summed E-state index contributed by atoms with van der Waals surface area (Å²) in [5.41, 5.74) is 8.28. The fourth-order valence-electron chi connectivity index (χ4n) is 3.56. The molecule has 158 valence electrons. The standard InChI is InChI=1S/C23H28N4O3/c1-4-26(5-2)19-12-8-17(9-13-19)22(29)24-25-23(30)18-14-21(28)27(15-18)20-10-6-16(3)7-11-20/h6-13,18H,4-5,14-15H2,1-3H3,(H,24,29)(H,25,30)/t18-/m1/s1. The minimum absolute atomic E-state index is 0.0997. The van der Waals surface area contributed by atoms with Gasteiger partial charge in [-0.15, -0.1) is 0 Å². The van der Waals surface area contributed by atoms with Crippen molar-refractivity contribution in [1.82, 2.24) is 10.9 Å². The van der Waals surface area contributed by atoms with Gasteiger partial charge in [0.25, 0.3) is 5.91 Å². The molecule has 0 unspecified atom stereocenters. The third kappa shape index (κ3) is 4.79. The van der Waals surface area contributed by atoms with Crippen molar-refractivity contribution in [1.29, 1.82) is 0 Å². The highest BCUT2D eigenvalue weighted by molar-refractivity contribution is 6.01. The van der Waals surface area contributed by atoms with E-state index in [0.717, 1.165) is 30.0 Å². The summed E-state index contributed by atoms with van der Waals surface area (Å²) in [4.78, 5) is 40.9. The highest BCUT2D eigenvalue weighted by atomic mass is 16.2. The molecule has 0 spiro atoms. The topological polar surface area (TPSA) is 81.8 Å². The largest absolute Gasteiger partial charge is 0.372 e. The van der Waals surface area contributed by atoms with Gasteiger partial charge in [-0.1, -0.05) is 17.7 Å². The fourth-order valence-corrected chi connectivity index (χ4v) is 3.56. The Morgan fingerprint density at radius 2 is 1.63 bits per heavy atom. The highest BCUT2D eigenvalue weighted by Crippen LogP contribution is 2.25.